The van der Waals surface area contributed by atoms with Crippen LogP contribution in [-0.4, -0.2) is 15.9 Å². The molecular weight excluding hydrogens is 308 g/mol. The van der Waals surface area contributed by atoms with E-state index in [-0.39, 0.29) is 11.7 Å². The third kappa shape index (κ3) is 4.88. The molecule has 0 fully saturated rings. The molecule has 0 aliphatic carbocycles. The van der Waals surface area contributed by atoms with Gasteiger partial charge in [0.25, 0.3) is 0 Å². The van der Waals surface area contributed by atoms with Gasteiger partial charge in [0.1, 0.15) is 5.75 Å². The van der Waals surface area contributed by atoms with Crippen LogP contribution < -0.4 is 11.1 Å². The standard InChI is InChI=1S/C15H15ClN2O2S/c16-12-6-7-13(17)14(8-12)18-15(19)10-21(20)9-11-4-2-1-3-5-11/h1-8H,9-10,17H2,(H,18,19). The fraction of sp³-hybridized carbons (Fsp3) is 0.133. The number of nitrogens with two attached hydrogens (primary N) is 1. The Balaban J connectivity index is 1.92. The Kier molecular flexibility index (Phi) is 5.36. The second kappa shape index (κ2) is 7.24. The van der Waals surface area contributed by atoms with Crippen LogP contribution in [0.1, 0.15) is 5.56 Å². The number of rotatable bonds is 5. The first kappa shape index (κ1) is 15.5. The Morgan fingerprint density at radius 3 is 2.62 bits per heavy atom. The van der Waals surface area contributed by atoms with E-state index in [0.29, 0.717) is 22.2 Å². The van der Waals surface area contributed by atoms with Crippen molar-refractivity contribution < 1.29 is 9.00 Å². The Hall–Kier alpha value is -1.85. The maximum absolute atomic E-state index is 12.0. The van der Waals surface area contributed by atoms with Gasteiger partial charge in [0.2, 0.25) is 5.91 Å². The van der Waals surface area contributed by atoms with Crippen molar-refractivity contribution in [3.8, 4) is 0 Å². The summed E-state index contributed by atoms with van der Waals surface area (Å²) in [7, 11) is -1.27. The van der Waals surface area contributed by atoms with Crippen molar-refractivity contribution >= 4 is 39.7 Å². The van der Waals surface area contributed by atoms with Crippen molar-refractivity contribution in [1.82, 2.24) is 0 Å². The average molecular weight is 323 g/mol. The molecule has 1 unspecified atom stereocenters. The van der Waals surface area contributed by atoms with Crippen LogP contribution >= 0.6 is 11.6 Å². The van der Waals surface area contributed by atoms with Crippen molar-refractivity contribution in [1.29, 1.82) is 0 Å². The van der Waals surface area contributed by atoms with Gasteiger partial charge in [-0.2, -0.15) is 0 Å². The molecule has 0 aliphatic rings. The minimum Gasteiger partial charge on any atom is -0.397 e. The van der Waals surface area contributed by atoms with E-state index in [1.54, 1.807) is 18.2 Å². The second-order valence-corrected chi connectivity index (χ2v) is 6.39. The van der Waals surface area contributed by atoms with E-state index in [4.69, 9.17) is 17.3 Å². The highest BCUT2D eigenvalue weighted by molar-refractivity contribution is 7.84. The average Bonchev–Trinajstić information content (AvgIpc) is 2.43. The third-order valence-electron chi connectivity index (χ3n) is 2.75. The molecule has 110 valence electrons. The number of hydrogen-bond donors (Lipinski definition) is 2. The smallest absolute Gasteiger partial charge is 0.237 e. The van der Waals surface area contributed by atoms with Crippen LogP contribution in [0.25, 0.3) is 0 Å². The molecule has 2 aromatic carbocycles. The summed E-state index contributed by atoms with van der Waals surface area (Å²) in [5.74, 6) is -0.0848. The Morgan fingerprint density at radius 1 is 1.19 bits per heavy atom. The lowest BCUT2D eigenvalue weighted by molar-refractivity contribution is -0.113. The van der Waals surface area contributed by atoms with Gasteiger partial charge in [-0.1, -0.05) is 41.9 Å². The summed E-state index contributed by atoms with van der Waals surface area (Å²) in [6, 6.07) is 14.2. The maximum Gasteiger partial charge on any atom is 0.237 e. The molecule has 0 radical (unpaired) electrons. The zero-order valence-electron chi connectivity index (χ0n) is 11.2. The summed E-state index contributed by atoms with van der Waals surface area (Å²) in [5, 5.41) is 3.10. The predicted octanol–water partition coefficient (Wildman–Crippen LogP) is 2.81. The molecule has 3 N–H and O–H groups in total. The molecule has 1 amide bonds. The van der Waals surface area contributed by atoms with Crippen molar-refractivity contribution in [2.75, 3.05) is 16.8 Å². The normalized spacial score (nSPS) is 11.9. The van der Waals surface area contributed by atoms with Crippen LogP contribution in [-0.2, 0) is 21.3 Å². The Labute approximate surface area is 130 Å². The van der Waals surface area contributed by atoms with Crippen LogP contribution in [0.4, 0.5) is 11.4 Å². The highest BCUT2D eigenvalue weighted by Crippen LogP contribution is 2.22. The van der Waals surface area contributed by atoms with Crippen molar-refractivity contribution in [2.45, 2.75) is 5.75 Å². The largest absolute Gasteiger partial charge is 0.397 e. The van der Waals surface area contributed by atoms with E-state index in [0.717, 1.165) is 5.56 Å². The summed E-state index contributed by atoms with van der Waals surface area (Å²) in [4.78, 5) is 11.9. The Morgan fingerprint density at radius 2 is 1.90 bits per heavy atom. The lowest BCUT2D eigenvalue weighted by Gasteiger charge is -2.08. The monoisotopic (exact) mass is 322 g/mol. The molecule has 1 atom stereocenters. The van der Waals surface area contributed by atoms with E-state index in [2.05, 4.69) is 5.32 Å². The van der Waals surface area contributed by atoms with E-state index in [1.807, 2.05) is 30.3 Å². The molecule has 0 heterocycles. The molecule has 4 nitrogen and oxygen atoms in total. The second-order valence-electron chi connectivity index (χ2n) is 4.49. The molecule has 2 rings (SSSR count). The topological polar surface area (TPSA) is 72.2 Å². The molecule has 0 saturated carbocycles. The molecule has 0 spiro atoms. The lowest BCUT2D eigenvalue weighted by Crippen LogP contribution is -2.20. The maximum atomic E-state index is 12.0. The quantitative estimate of drug-likeness (QED) is 0.831. The molecule has 0 aromatic heterocycles. The van der Waals surface area contributed by atoms with Crippen LogP contribution in [0.15, 0.2) is 48.5 Å². The van der Waals surface area contributed by atoms with Gasteiger partial charge < -0.3 is 11.1 Å². The molecule has 0 saturated heterocycles. The summed E-state index contributed by atoms with van der Waals surface area (Å²) in [6.07, 6.45) is 0. The molecular formula is C15H15ClN2O2S. The number of amides is 1. The van der Waals surface area contributed by atoms with E-state index >= 15 is 0 Å². The van der Waals surface area contributed by atoms with Crippen molar-refractivity contribution in [3.05, 3.63) is 59.1 Å². The fourth-order valence-electron chi connectivity index (χ4n) is 1.78. The highest BCUT2D eigenvalue weighted by Gasteiger charge is 2.10. The SMILES string of the molecule is Nc1ccc(Cl)cc1NC(=O)CS(=O)Cc1ccccc1. The zero-order valence-corrected chi connectivity index (χ0v) is 12.8. The van der Waals surface area contributed by atoms with E-state index in [9.17, 15) is 9.00 Å². The number of carbonyl (C=O) groups excluding carboxylic acids is 1. The number of nitrogen functional groups attached to an aromatic ring is 1. The zero-order chi connectivity index (χ0) is 15.2. The van der Waals surface area contributed by atoms with Crippen LogP contribution in [0.5, 0.6) is 0 Å². The minimum absolute atomic E-state index is 0.0825. The number of halogens is 1. The number of benzene rings is 2. The van der Waals surface area contributed by atoms with Gasteiger partial charge in [-0.3, -0.25) is 9.00 Å². The highest BCUT2D eigenvalue weighted by atomic mass is 35.5. The lowest BCUT2D eigenvalue weighted by atomic mass is 10.2. The molecule has 2 aromatic rings. The minimum atomic E-state index is -1.27. The first-order valence-electron chi connectivity index (χ1n) is 6.28. The van der Waals surface area contributed by atoms with Crippen LogP contribution in [0.3, 0.4) is 0 Å². The first-order chi connectivity index (χ1) is 10.0. The molecule has 6 heteroatoms. The molecule has 0 aliphatic heterocycles. The van der Waals surface area contributed by atoms with Crippen molar-refractivity contribution in [2.24, 2.45) is 0 Å². The van der Waals surface area contributed by atoms with Gasteiger partial charge in [-0.15, -0.1) is 0 Å². The number of nitrogens with one attached hydrogen (secondary N) is 1. The van der Waals surface area contributed by atoms with Gasteiger partial charge in [0.15, 0.2) is 0 Å². The summed E-state index contributed by atoms with van der Waals surface area (Å²) in [6.45, 7) is 0. The van der Waals surface area contributed by atoms with Crippen LogP contribution in [0, 0.1) is 0 Å². The van der Waals surface area contributed by atoms with Gasteiger partial charge in [-0.05, 0) is 23.8 Å². The fourth-order valence-corrected chi connectivity index (χ4v) is 2.98. The molecule has 21 heavy (non-hydrogen) atoms. The van der Waals surface area contributed by atoms with Gasteiger partial charge >= 0.3 is 0 Å². The van der Waals surface area contributed by atoms with E-state index in [1.165, 1.54) is 0 Å². The number of hydrogen-bond acceptors (Lipinski definition) is 3. The van der Waals surface area contributed by atoms with Gasteiger partial charge in [0, 0.05) is 21.6 Å². The summed E-state index contributed by atoms with van der Waals surface area (Å²) >= 11 is 5.85. The van der Waals surface area contributed by atoms with E-state index < -0.39 is 10.8 Å². The number of carbonyl (C=O) groups is 1. The summed E-state index contributed by atoms with van der Waals surface area (Å²) in [5.41, 5.74) is 7.53. The van der Waals surface area contributed by atoms with Gasteiger partial charge in [0.05, 0.1) is 11.4 Å². The molecule has 0 bridgehead atoms. The van der Waals surface area contributed by atoms with Crippen molar-refractivity contribution in [3.63, 3.8) is 0 Å². The number of anilines is 2. The Bertz CT molecular complexity index is 662. The first-order valence-corrected chi connectivity index (χ1v) is 8.15. The van der Waals surface area contributed by atoms with Gasteiger partial charge in [-0.25, -0.2) is 0 Å². The van der Waals surface area contributed by atoms with Crippen LogP contribution in [0.2, 0.25) is 5.02 Å². The third-order valence-corrected chi connectivity index (χ3v) is 4.23. The predicted molar refractivity (Wildman–Crippen MR) is 87.6 cm³/mol. The summed E-state index contributed by atoms with van der Waals surface area (Å²) < 4.78 is 12.0.